The SMILES string of the molecule is O=C(CSc1nc2ccc(NC(=O)CSc3nnc(-c4ccccc4)n3-c3ccccc3)cc2s1)Nc1cccc(C(F)(F)F)c1. The summed E-state index contributed by atoms with van der Waals surface area (Å²) in [7, 11) is 0. The van der Waals surface area contributed by atoms with Gasteiger partial charge in [-0.3, -0.25) is 14.2 Å². The lowest BCUT2D eigenvalue weighted by atomic mass is 10.2. The summed E-state index contributed by atoms with van der Waals surface area (Å²) in [6, 6.07) is 29.2. The van der Waals surface area contributed by atoms with E-state index in [1.54, 1.807) is 12.1 Å². The largest absolute Gasteiger partial charge is 0.416 e. The topological polar surface area (TPSA) is 102 Å². The van der Waals surface area contributed by atoms with Crippen molar-refractivity contribution in [1.29, 1.82) is 0 Å². The predicted octanol–water partition coefficient (Wildman–Crippen LogP) is 8.02. The summed E-state index contributed by atoms with van der Waals surface area (Å²) < 4.78 is 42.2. The number of benzene rings is 4. The second-order valence-corrected chi connectivity index (χ2v) is 13.0. The number of nitrogens with zero attached hydrogens (tertiary/aromatic N) is 4. The molecule has 6 aromatic rings. The van der Waals surface area contributed by atoms with E-state index in [0.29, 0.717) is 26.5 Å². The Kier molecular flexibility index (Phi) is 9.38. The van der Waals surface area contributed by atoms with Gasteiger partial charge in [0.25, 0.3) is 0 Å². The molecule has 0 unspecified atom stereocenters. The molecular weight excluding hydrogens is 654 g/mol. The van der Waals surface area contributed by atoms with Crippen LogP contribution in [0.25, 0.3) is 27.3 Å². The molecule has 0 saturated heterocycles. The first-order valence-electron chi connectivity index (χ1n) is 13.7. The Labute approximate surface area is 273 Å². The molecule has 0 spiro atoms. The maximum Gasteiger partial charge on any atom is 0.416 e. The molecule has 14 heteroatoms. The van der Waals surface area contributed by atoms with Gasteiger partial charge in [-0.15, -0.1) is 21.5 Å². The maximum atomic E-state index is 13.0. The fraction of sp³-hybridized carbons (Fsp3) is 0.0938. The number of thioether (sulfide) groups is 2. The van der Waals surface area contributed by atoms with Gasteiger partial charge < -0.3 is 10.6 Å². The Hall–Kier alpha value is -4.66. The highest BCUT2D eigenvalue weighted by atomic mass is 32.2. The lowest BCUT2D eigenvalue weighted by Crippen LogP contribution is -2.15. The van der Waals surface area contributed by atoms with E-state index in [1.165, 1.54) is 47.0 Å². The first-order valence-corrected chi connectivity index (χ1v) is 16.5. The quantitative estimate of drug-likeness (QED) is 0.142. The minimum Gasteiger partial charge on any atom is -0.325 e. The summed E-state index contributed by atoms with van der Waals surface area (Å²) >= 11 is 3.80. The van der Waals surface area contributed by atoms with Crippen LogP contribution in [0.5, 0.6) is 0 Å². The molecule has 2 amide bonds. The van der Waals surface area contributed by atoms with Crippen LogP contribution >= 0.6 is 34.9 Å². The lowest BCUT2D eigenvalue weighted by molar-refractivity contribution is -0.137. The second-order valence-electron chi connectivity index (χ2n) is 9.76. The number of carbonyl (C=O) groups excluding carboxylic acids is 2. The third-order valence-electron chi connectivity index (χ3n) is 6.47. The van der Waals surface area contributed by atoms with E-state index in [1.807, 2.05) is 71.3 Å². The van der Waals surface area contributed by atoms with Gasteiger partial charge >= 0.3 is 6.18 Å². The van der Waals surface area contributed by atoms with Crippen LogP contribution in [0.2, 0.25) is 0 Å². The lowest BCUT2D eigenvalue weighted by Gasteiger charge is -2.10. The Morgan fingerprint density at radius 1 is 0.761 bits per heavy atom. The van der Waals surface area contributed by atoms with E-state index in [0.717, 1.165) is 28.1 Å². The Bertz CT molecular complexity index is 2000. The molecule has 6 rings (SSSR count). The van der Waals surface area contributed by atoms with E-state index in [9.17, 15) is 22.8 Å². The minimum atomic E-state index is -4.50. The average Bonchev–Trinajstić information content (AvgIpc) is 3.67. The number of carbonyl (C=O) groups is 2. The van der Waals surface area contributed by atoms with Gasteiger partial charge in [0.05, 0.1) is 27.3 Å². The van der Waals surface area contributed by atoms with Gasteiger partial charge in [0.15, 0.2) is 15.3 Å². The van der Waals surface area contributed by atoms with Gasteiger partial charge in [-0.05, 0) is 48.5 Å². The molecule has 4 aromatic carbocycles. The number of para-hydroxylation sites is 1. The highest BCUT2D eigenvalue weighted by Gasteiger charge is 2.30. The van der Waals surface area contributed by atoms with Crippen molar-refractivity contribution in [3.63, 3.8) is 0 Å². The summed E-state index contributed by atoms with van der Waals surface area (Å²) in [6.45, 7) is 0. The summed E-state index contributed by atoms with van der Waals surface area (Å²) in [4.78, 5) is 29.8. The Morgan fingerprint density at radius 2 is 1.43 bits per heavy atom. The molecule has 2 aromatic heterocycles. The number of hydrogen-bond acceptors (Lipinski definition) is 8. The van der Waals surface area contributed by atoms with E-state index in [2.05, 4.69) is 25.8 Å². The van der Waals surface area contributed by atoms with Gasteiger partial charge in [0.2, 0.25) is 11.8 Å². The predicted molar refractivity (Wildman–Crippen MR) is 177 cm³/mol. The zero-order valence-corrected chi connectivity index (χ0v) is 26.1. The number of rotatable bonds is 10. The fourth-order valence-corrected chi connectivity index (χ4v) is 7.07. The Balaban J connectivity index is 1.07. The van der Waals surface area contributed by atoms with Gasteiger partial charge in [-0.25, -0.2) is 4.98 Å². The van der Waals surface area contributed by atoms with Crippen LogP contribution in [-0.4, -0.2) is 43.1 Å². The molecule has 0 saturated carbocycles. The fourth-order valence-electron chi connectivity index (χ4n) is 4.42. The zero-order chi connectivity index (χ0) is 32.1. The molecule has 0 radical (unpaired) electrons. The van der Waals surface area contributed by atoms with Crippen LogP contribution in [0.3, 0.4) is 0 Å². The normalized spacial score (nSPS) is 11.5. The Morgan fingerprint density at radius 3 is 2.15 bits per heavy atom. The van der Waals surface area contributed by atoms with E-state index < -0.39 is 17.6 Å². The van der Waals surface area contributed by atoms with E-state index in [4.69, 9.17) is 0 Å². The number of thiazole rings is 1. The summed E-state index contributed by atoms with van der Waals surface area (Å²) in [5, 5.41) is 14.8. The van der Waals surface area contributed by atoms with Crippen molar-refractivity contribution in [1.82, 2.24) is 19.7 Å². The van der Waals surface area contributed by atoms with Crippen molar-refractivity contribution >= 4 is 68.3 Å². The van der Waals surface area contributed by atoms with Gasteiger partial charge in [-0.2, -0.15) is 13.2 Å². The van der Waals surface area contributed by atoms with E-state index in [-0.39, 0.29) is 23.1 Å². The van der Waals surface area contributed by atoms with Crippen molar-refractivity contribution in [3.05, 3.63) is 109 Å². The highest BCUT2D eigenvalue weighted by molar-refractivity contribution is 8.01. The molecule has 8 nitrogen and oxygen atoms in total. The highest BCUT2D eigenvalue weighted by Crippen LogP contribution is 2.33. The monoisotopic (exact) mass is 676 g/mol. The molecule has 0 atom stereocenters. The van der Waals surface area contributed by atoms with Crippen LogP contribution in [-0.2, 0) is 15.8 Å². The van der Waals surface area contributed by atoms with Crippen LogP contribution < -0.4 is 10.6 Å². The number of anilines is 2. The van der Waals surface area contributed by atoms with Crippen molar-refractivity contribution in [2.45, 2.75) is 15.7 Å². The van der Waals surface area contributed by atoms with E-state index >= 15 is 0 Å². The molecular formula is C32H23F3N6O2S3. The van der Waals surface area contributed by atoms with Crippen molar-refractivity contribution in [2.75, 3.05) is 22.1 Å². The molecule has 2 N–H and O–H groups in total. The third-order valence-corrected chi connectivity index (χ3v) is 9.56. The number of hydrogen-bond donors (Lipinski definition) is 2. The molecule has 0 aliphatic rings. The number of nitrogens with one attached hydrogen (secondary N) is 2. The van der Waals surface area contributed by atoms with Crippen LogP contribution in [0.4, 0.5) is 24.5 Å². The zero-order valence-electron chi connectivity index (χ0n) is 23.7. The first-order chi connectivity index (χ1) is 22.2. The minimum absolute atomic E-state index is 0.0313. The van der Waals surface area contributed by atoms with Crippen molar-refractivity contribution in [3.8, 4) is 17.1 Å². The van der Waals surface area contributed by atoms with Gasteiger partial charge in [-0.1, -0.05) is 78.1 Å². The first kappa shape index (κ1) is 31.3. The van der Waals surface area contributed by atoms with Crippen molar-refractivity contribution < 1.29 is 22.8 Å². The molecule has 46 heavy (non-hydrogen) atoms. The summed E-state index contributed by atoms with van der Waals surface area (Å²) in [5.41, 5.74) is 2.31. The maximum absolute atomic E-state index is 13.0. The molecule has 0 aliphatic carbocycles. The molecule has 0 bridgehead atoms. The summed E-state index contributed by atoms with van der Waals surface area (Å²) in [5.74, 6) is 0.0674. The summed E-state index contributed by atoms with van der Waals surface area (Å²) in [6.07, 6.45) is -4.50. The molecule has 2 heterocycles. The van der Waals surface area contributed by atoms with Gasteiger partial charge in [0.1, 0.15) is 0 Å². The number of alkyl halides is 3. The van der Waals surface area contributed by atoms with Crippen LogP contribution in [0, 0.1) is 0 Å². The van der Waals surface area contributed by atoms with Crippen LogP contribution in [0.15, 0.2) is 113 Å². The van der Waals surface area contributed by atoms with Crippen LogP contribution in [0.1, 0.15) is 5.56 Å². The second kappa shape index (κ2) is 13.8. The smallest absolute Gasteiger partial charge is 0.325 e. The molecule has 232 valence electrons. The number of aromatic nitrogens is 4. The average molecular weight is 677 g/mol. The number of halogens is 3. The van der Waals surface area contributed by atoms with Gasteiger partial charge in [0, 0.05) is 22.6 Å². The number of amides is 2. The third kappa shape index (κ3) is 7.58. The standard InChI is InChI=1S/C32H23F3N6O2S3/c33-32(34,35)21-10-7-11-22(16-21)36-28(43)19-45-31-38-25-15-14-23(17-26(25)46-31)37-27(42)18-44-30-40-39-29(20-8-3-1-4-9-20)41(30)24-12-5-2-6-13-24/h1-17H,18-19H2,(H,36,43)(H,37,42). The number of fused-ring (bicyclic) bond motifs is 1. The van der Waals surface area contributed by atoms with Crippen molar-refractivity contribution in [2.24, 2.45) is 0 Å². The molecule has 0 fully saturated rings. The molecule has 0 aliphatic heterocycles.